The summed E-state index contributed by atoms with van der Waals surface area (Å²) < 4.78 is 5.97. The van der Waals surface area contributed by atoms with Crippen LogP contribution in [0.25, 0.3) is 32.7 Å². The molecule has 5 N–H and O–H groups in total. The van der Waals surface area contributed by atoms with Crippen LogP contribution in [0.3, 0.4) is 0 Å². The zero-order valence-corrected chi connectivity index (χ0v) is 59.9. The van der Waals surface area contributed by atoms with Crippen LogP contribution in [-0.2, 0) is 19.3 Å². The van der Waals surface area contributed by atoms with Crippen molar-refractivity contribution >= 4 is 78.6 Å². The summed E-state index contributed by atoms with van der Waals surface area (Å²) in [5.41, 5.74) is 7.24. The van der Waals surface area contributed by atoms with Crippen LogP contribution in [-0.4, -0.2) is 180 Å². The van der Waals surface area contributed by atoms with Gasteiger partial charge in [0.2, 0.25) is 16.1 Å². The first-order valence-electron chi connectivity index (χ1n) is 35.5. The first-order valence-corrected chi connectivity index (χ1v) is 36.3. The number of nitrogens with one attached hydrogen (secondary N) is 5. The number of nitrogens with zero attached hydrogens (tertiary/aromatic N) is 11. The van der Waals surface area contributed by atoms with Gasteiger partial charge in [-0.3, -0.25) is 34.2 Å². The lowest BCUT2D eigenvalue weighted by Crippen LogP contribution is -2.55. The van der Waals surface area contributed by atoms with Gasteiger partial charge in [-0.25, -0.2) is 4.98 Å². The summed E-state index contributed by atoms with van der Waals surface area (Å²) in [5, 5.41) is 24.1. The van der Waals surface area contributed by atoms with Crippen molar-refractivity contribution in [3.05, 3.63) is 131 Å². The molecule has 0 aliphatic carbocycles. The number of H-pyrrole nitrogens is 4. The van der Waals surface area contributed by atoms with Crippen LogP contribution in [0.1, 0.15) is 181 Å². The largest absolute Gasteiger partial charge is 0.420 e. The zero-order valence-electron chi connectivity index (χ0n) is 59.0. The molecule has 0 bridgehead atoms. The zero-order chi connectivity index (χ0) is 68.0. The highest BCUT2D eigenvalue weighted by Crippen LogP contribution is 2.31. The van der Waals surface area contributed by atoms with Gasteiger partial charge in [-0.05, 0) is 148 Å². The van der Waals surface area contributed by atoms with Crippen LogP contribution >= 0.6 is 11.3 Å². The molecule has 3 saturated heterocycles. The molecule has 3 aliphatic rings. The summed E-state index contributed by atoms with van der Waals surface area (Å²) in [6, 6.07) is 28.2. The lowest BCUT2D eigenvalue weighted by molar-refractivity contribution is 0.0923. The Kier molecular flexibility index (Phi) is 24.8. The van der Waals surface area contributed by atoms with E-state index in [1.807, 2.05) is 18.2 Å². The van der Waals surface area contributed by atoms with E-state index >= 15 is 0 Å². The number of oxazole rings is 1. The van der Waals surface area contributed by atoms with Crippen LogP contribution in [0.15, 0.2) is 102 Å². The number of piperazine rings is 3. The number of unbranched alkanes of at least 4 members (excludes halogenated alkanes) is 3. The number of rotatable bonds is 26. The summed E-state index contributed by atoms with van der Waals surface area (Å²) in [6.45, 7) is 25.1. The molecule has 20 nitrogen and oxygen atoms in total. The van der Waals surface area contributed by atoms with Crippen molar-refractivity contribution in [3.8, 4) is 0 Å². The number of aromatic nitrogens is 9. The summed E-state index contributed by atoms with van der Waals surface area (Å²) in [5.74, 6) is 1.99. The second kappa shape index (κ2) is 33.5. The maximum Gasteiger partial charge on any atom is 0.297 e. The molecule has 96 heavy (non-hydrogen) atoms. The normalized spacial score (nSPS) is 20.6. The average molecular weight is 1330 g/mol. The van der Waals surface area contributed by atoms with Crippen molar-refractivity contribution < 1.29 is 18.8 Å². The van der Waals surface area contributed by atoms with Crippen molar-refractivity contribution in [1.29, 1.82) is 0 Å². The van der Waals surface area contributed by atoms with Crippen LogP contribution in [0.4, 0.5) is 17.1 Å². The second-order valence-electron chi connectivity index (χ2n) is 28.0. The minimum absolute atomic E-state index is 0.0555. The third-order valence-electron chi connectivity index (χ3n) is 20.6. The Balaban J connectivity index is 0.000000157. The van der Waals surface area contributed by atoms with E-state index in [2.05, 4.69) is 237 Å². The molecule has 516 valence electrons. The number of likely N-dealkylation sites (N-methyl/N-ethyl adjacent to an activating group) is 3. The molecule has 9 aromatic rings. The summed E-state index contributed by atoms with van der Waals surface area (Å²) in [6.07, 6.45) is 21.1. The van der Waals surface area contributed by atoms with E-state index in [9.17, 15) is 14.4 Å². The Labute approximate surface area is 572 Å². The van der Waals surface area contributed by atoms with Gasteiger partial charge in [0.1, 0.15) is 0 Å². The van der Waals surface area contributed by atoms with Crippen LogP contribution < -0.4 is 20.0 Å². The Hall–Kier alpha value is -7.72. The molecule has 1 amide bonds. The minimum atomic E-state index is -0.120. The van der Waals surface area contributed by atoms with Crippen molar-refractivity contribution in [3.63, 3.8) is 0 Å². The maximum absolute atomic E-state index is 13.1. The van der Waals surface area contributed by atoms with E-state index < -0.39 is 0 Å². The fraction of sp³-hybridized carbons (Fsp3) is 0.547. The fourth-order valence-corrected chi connectivity index (χ4v) is 14.9. The Morgan fingerprint density at radius 1 is 0.562 bits per heavy atom. The lowest BCUT2D eigenvalue weighted by Gasteiger charge is -2.42. The molecule has 0 spiro atoms. The molecular weight excluding hydrogens is 1220 g/mol. The highest BCUT2D eigenvalue weighted by molar-refractivity contribution is 7.17. The predicted molar refractivity (Wildman–Crippen MR) is 390 cm³/mol. The average Bonchev–Trinajstić information content (AvgIpc) is 1.36. The van der Waals surface area contributed by atoms with Crippen molar-refractivity contribution in [2.75, 3.05) is 75.1 Å². The number of benzene rings is 3. The molecule has 21 heteroatoms. The number of hydrogen-bond acceptors (Lipinski definition) is 16. The maximum atomic E-state index is 13.1. The molecular formula is C75H106N16O4S. The van der Waals surface area contributed by atoms with E-state index in [1.165, 1.54) is 44.2 Å². The molecule has 3 aromatic carbocycles. The van der Waals surface area contributed by atoms with Crippen LogP contribution in [0.2, 0.25) is 0 Å². The summed E-state index contributed by atoms with van der Waals surface area (Å²) in [7, 11) is 6.47. The van der Waals surface area contributed by atoms with E-state index in [1.54, 1.807) is 6.20 Å². The van der Waals surface area contributed by atoms with E-state index in [-0.39, 0.29) is 23.5 Å². The predicted octanol–water partition coefficient (Wildman–Crippen LogP) is 13.8. The highest BCUT2D eigenvalue weighted by Gasteiger charge is 2.33. The van der Waals surface area contributed by atoms with Gasteiger partial charge >= 0.3 is 0 Å². The number of aromatic amines is 4. The molecule has 6 aromatic heterocycles. The monoisotopic (exact) mass is 1330 g/mol. The first-order chi connectivity index (χ1) is 46.4. The molecule has 9 heterocycles. The van der Waals surface area contributed by atoms with Crippen molar-refractivity contribution in [1.82, 2.24) is 65.3 Å². The minimum Gasteiger partial charge on any atom is -0.420 e. The topological polar surface area (TPSA) is 223 Å². The number of fused-ring (bicyclic) bond motifs is 3. The number of carbonyl (C=O) groups excluding carboxylic acids is 3. The number of para-hydroxylation sites is 3. The van der Waals surface area contributed by atoms with Crippen LogP contribution in [0.5, 0.6) is 0 Å². The number of carbonyl (C=O) groups is 3. The van der Waals surface area contributed by atoms with E-state index in [0.717, 1.165) is 138 Å². The van der Waals surface area contributed by atoms with Crippen LogP contribution in [0, 0.1) is 11.8 Å². The quantitative estimate of drug-likeness (QED) is 0.0318. The Morgan fingerprint density at radius 2 is 1.00 bits per heavy atom. The number of hydrogen-bond donors (Lipinski definition) is 5. The molecule has 0 saturated carbocycles. The SMILES string of the molecule is CCCCC(CC(=O)c1cnc(N2C[C@@H](C)N(C)[C@@H](C)C2)o1)Cc1c[nH]c2ccccc12.CCCCC(CC(=O)c1nc(N2C[C@@H](C)N(C)[C@@H](C)C2)n[nH]1)Cc1c[nH]c2ccccc12.CCCCC(Cc1c[nH]c2ccccc12)NC(=O)c1nnc(N2C[C@@H](C)N(C)[C@@H](C)C2)s1. The third-order valence-corrected chi connectivity index (χ3v) is 21.6. The summed E-state index contributed by atoms with van der Waals surface area (Å²) in [4.78, 5) is 72.1. The number of ketones is 2. The molecule has 3 aliphatic heterocycles. The fourth-order valence-electron chi connectivity index (χ4n) is 14.2. The van der Waals surface area contributed by atoms with Gasteiger partial charge in [0.15, 0.2) is 23.2 Å². The van der Waals surface area contributed by atoms with Gasteiger partial charge in [0.05, 0.1) is 6.20 Å². The van der Waals surface area contributed by atoms with Crippen molar-refractivity contribution in [2.45, 2.75) is 194 Å². The molecule has 3 unspecified atom stereocenters. The third kappa shape index (κ3) is 17.9. The Bertz CT molecular complexity index is 3490. The smallest absolute Gasteiger partial charge is 0.297 e. The number of anilines is 3. The first kappa shape index (κ1) is 71.1. The van der Waals surface area contributed by atoms with Gasteiger partial charge in [-0.15, -0.1) is 15.3 Å². The van der Waals surface area contributed by atoms with E-state index in [0.29, 0.717) is 89.5 Å². The van der Waals surface area contributed by atoms with E-state index in [4.69, 9.17) is 4.42 Å². The number of Topliss-reactive ketones (excluding diaryl/α,β-unsaturated/α-hetero) is 2. The van der Waals surface area contributed by atoms with Gasteiger partial charge in [-0.1, -0.05) is 125 Å². The molecule has 9 atom stereocenters. The standard InChI is InChI=1S/C26H36N4O2.C25H36N6O.C24H34N6OS/c1-5-6-9-20(12-21-14-27-23-11-8-7-10-22(21)23)13-24(31)25-15-28-26(32-25)30-16-18(2)29(4)19(3)17-30;1-5-6-9-19(12-20-14-26-22-11-8-7-10-21(20)22)13-23(32)24-27-25(29-28-24)31-15-17(2)30(4)18(3)16-31;1-5-6-9-19(12-18-13-25-21-11-8-7-10-20(18)21)26-22(31)23-27-28-24(32-23)30-14-16(2)29(4)17(3)15-30/h7-8,10-11,14-15,18-20,27H,5-6,9,12-13,16-17H2,1-4H3;7-8,10-11,14,17-19,26H,5-6,9,12-13,15-16H2,1-4H3,(H,27,28,29);7-8,10-11,13,16-17,19,25H,5-6,9,12,14-15H2,1-4H3,(H,26,31)/t18-,19+,20?;17-,18+,19?;16-,17+,19?. The highest BCUT2D eigenvalue weighted by atomic mass is 32.1. The molecule has 12 rings (SSSR count). The Morgan fingerprint density at radius 3 is 1.49 bits per heavy atom. The van der Waals surface area contributed by atoms with Gasteiger partial charge < -0.3 is 39.4 Å². The second-order valence-corrected chi connectivity index (χ2v) is 28.9. The van der Waals surface area contributed by atoms with Gasteiger partial charge in [-0.2, -0.15) is 4.98 Å². The molecule has 0 radical (unpaired) electrons. The lowest BCUT2D eigenvalue weighted by atomic mass is 9.89. The van der Waals surface area contributed by atoms with Gasteiger partial charge in [0, 0.05) is 146 Å². The number of amides is 1. The molecule has 3 fully saturated rings. The van der Waals surface area contributed by atoms with Gasteiger partial charge in [0.25, 0.3) is 11.9 Å². The van der Waals surface area contributed by atoms with Crippen molar-refractivity contribution in [2.24, 2.45) is 11.8 Å². The summed E-state index contributed by atoms with van der Waals surface area (Å²) >= 11 is 1.40.